The van der Waals surface area contributed by atoms with Gasteiger partial charge in [-0.05, 0) is 55.7 Å². The number of ether oxygens (including phenoxy) is 1. The molecule has 0 amide bonds. The van der Waals surface area contributed by atoms with Crippen LogP contribution in [0.3, 0.4) is 0 Å². The first-order valence-corrected chi connectivity index (χ1v) is 9.58. The third-order valence-electron chi connectivity index (χ3n) is 5.32. The van der Waals surface area contributed by atoms with E-state index in [1.165, 1.54) is 11.1 Å². The van der Waals surface area contributed by atoms with E-state index in [-0.39, 0.29) is 11.9 Å². The molecule has 1 unspecified atom stereocenters. The summed E-state index contributed by atoms with van der Waals surface area (Å²) in [6.45, 7) is 4.18. The molecule has 0 N–H and O–H groups in total. The van der Waals surface area contributed by atoms with Crippen molar-refractivity contribution in [2.45, 2.75) is 33.1 Å². The maximum absolute atomic E-state index is 12.8. The molecule has 0 radical (unpaired) electrons. The summed E-state index contributed by atoms with van der Waals surface area (Å²) in [5.74, 6) is 0.493. The van der Waals surface area contributed by atoms with E-state index >= 15 is 0 Å². The second kappa shape index (κ2) is 7.40. The van der Waals surface area contributed by atoms with Gasteiger partial charge in [0.25, 0.3) is 0 Å². The third-order valence-corrected chi connectivity index (χ3v) is 5.32. The molecule has 1 aliphatic carbocycles. The van der Waals surface area contributed by atoms with Crippen molar-refractivity contribution in [3.63, 3.8) is 0 Å². The minimum Gasteiger partial charge on any atom is -0.426 e. The van der Waals surface area contributed by atoms with Crippen molar-refractivity contribution >= 4 is 16.7 Å². The highest BCUT2D eigenvalue weighted by molar-refractivity contribution is 6.02. The van der Waals surface area contributed by atoms with Crippen LogP contribution in [-0.4, -0.2) is 5.97 Å². The van der Waals surface area contributed by atoms with Gasteiger partial charge >= 0.3 is 5.97 Å². The van der Waals surface area contributed by atoms with Crippen LogP contribution in [0.1, 0.15) is 31.7 Å². The molecule has 0 saturated heterocycles. The van der Waals surface area contributed by atoms with Crippen LogP contribution in [0.4, 0.5) is 0 Å². The quantitative estimate of drug-likeness (QED) is 0.305. The molecule has 0 aliphatic heterocycles. The molecule has 0 heterocycles. The Morgan fingerprint density at radius 1 is 1.00 bits per heavy atom. The number of carbonyl (C=O) groups excluding carboxylic acids is 1. The fraction of sp³-hybridized carbons (Fsp3) is 0.240. The van der Waals surface area contributed by atoms with Crippen LogP contribution in [0.15, 0.2) is 72.3 Å². The van der Waals surface area contributed by atoms with Crippen molar-refractivity contribution in [1.29, 1.82) is 0 Å². The van der Waals surface area contributed by atoms with Crippen molar-refractivity contribution < 1.29 is 9.53 Å². The van der Waals surface area contributed by atoms with Crippen molar-refractivity contribution in [2.24, 2.45) is 5.92 Å². The minimum atomic E-state index is -0.117. The highest BCUT2D eigenvalue weighted by Crippen LogP contribution is 2.36. The Bertz CT molecular complexity index is 1020. The smallest absolute Gasteiger partial charge is 0.314 e. The number of allylic oxidation sites excluding steroid dienone is 2. The lowest BCUT2D eigenvalue weighted by molar-refractivity contribution is -0.139. The number of hydrogen-bond donors (Lipinski definition) is 0. The van der Waals surface area contributed by atoms with Gasteiger partial charge in [-0.2, -0.15) is 0 Å². The maximum atomic E-state index is 12.8. The molecule has 1 atom stereocenters. The van der Waals surface area contributed by atoms with Gasteiger partial charge in [0.05, 0.1) is 5.92 Å². The standard InChI is InChI=1S/C25H24O2/c1-17-7-3-11-20(15-17)22-13-5-9-19-10-6-14-23(24(19)22)27-25(26)21-12-4-8-18(2)16-21/h3,5-11,13-15,21H,4,12,16H2,1-2H3. The van der Waals surface area contributed by atoms with E-state index in [1.807, 2.05) is 12.1 Å². The summed E-state index contributed by atoms with van der Waals surface area (Å²) in [5.41, 5.74) is 4.73. The van der Waals surface area contributed by atoms with Crippen molar-refractivity contribution in [3.05, 3.63) is 77.9 Å². The van der Waals surface area contributed by atoms with Gasteiger partial charge in [-0.3, -0.25) is 4.79 Å². The summed E-state index contributed by atoms with van der Waals surface area (Å²) in [4.78, 5) is 12.8. The van der Waals surface area contributed by atoms with Crippen molar-refractivity contribution in [1.82, 2.24) is 0 Å². The highest BCUT2D eigenvalue weighted by Gasteiger charge is 2.24. The molecule has 0 fully saturated rings. The first-order chi connectivity index (χ1) is 13.1. The zero-order valence-corrected chi connectivity index (χ0v) is 15.9. The van der Waals surface area contributed by atoms with Crippen molar-refractivity contribution in [2.75, 3.05) is 0 Å². The Hall–Kier alpha value is -2.87. The van der Waals surface area contributed by atoms with Crippen LogP contribution >= 0.6 is 0 Å². The number of benzene rings is 3. The molecule has 3 aromatic rings. The molecular weight excluding hydrogens is 332 g/mol. The second-order valence-corrected chi connectivity index (χ2v) is 7.48. The lowest BCUT2D eigenvalue weighted by atomic mass is 9.89. The number of fused-ring (bicyclic) bond motifs is 1. The monoisotopic (exact) mass is 356 g/mol. The maximum Gasteiger partial charge on any atom is 0.314 e. The van der Waals surface area contributed by atoms with E-state index in [4.69, 9.17) is 4.74 Å². The molecule has 0 aromatic heterocycles. The second-order valence-electron chi connectivity index (χ2n) is 7.48. The van der Waals surface area contributed by atoms with E-state index < -0.39 is 0 Å². The summed E-state index contributed by atoms with van der Waals surface area (Å²) >= 11 is 0. The first-order valence-electron chi connectivity index (χ1n) is 9.58. The number of esters is 1. The predicted octanol–water partition coefficient (Wildman–Crippen LogP) is 6.47. The molecule has 2 heteroatoms. The Morgan fingerprint density at radius 2 is 1.78 bits per heavy atom. The van der Waals surface area contributed by atoms with Crippen molar-refractivity contribution in [3.8, 4) is 16.9 Å². The summed E-state index contributed by atoms with van der Waals surface area (Å²) in [7, 11) is 0. The third kappa shape index (κ3) is 3.66. The van der Waals surface area contributed by atoms with E-state index in [9.17, 15) is 4.79 Å². The van der Waals surface area contributed by atoms with Crippen LogP contribution in [0, 0.1) is 12.8 Å². The average Bonchev–Trinajstić information content (AvgIpc) is 2.67. The first kappa shape index (κ1) is 17.5. The number of carbonyl (C=O) groups is 1. The van der Waals surface area contributed by atoms with Gasteiger partial charge < -0.3 is 4.74 Å². The Morgan fingerprint density at radius 3 is 2.56 bits per heavy atom. The van der Waals surface area contributed by atoms with Crippen LogP contribution in [0.2, 0.25) is 0 Å². The Kier molecular flexibility index (Phi) is 4.81. The predicted molar refractivity (Wildman–Crippen MR) is 111 cm³/mol. The number of aryl methyl sites for hydroxylation is 1. The zero-order chi connectivity index (χ0) is 18.8. The van der Waals surface area contributed by atoms with Gasteiger partial charge in [-0.25, -0.2) is 0 Å². The molecule has 136 valence electrons. The topological polar surface area (TPSA) is 26.3 Å². The molecule has 0 bridgehead atoms. The summed E-state index contributed by atoms with van der Waals surface area (Å²) in [6.07, 6.45) is 4.84. The number of hydrogen-bond acceptors (Lipinski definition) is 2. The zero-order valence-electron chi connectivity index (χ0n) is 15.9. The van der Waals surface area contributed by atoms with E-state index in [0.717, 1.165) is 41.2 Å². The molecule has 1 aliphatic rings. The summed E-state index contributed by atoms with van der Waals surface area (Å²) in [6, 6.07) is 20.6. The SMILES string of the molecule is CC1=CCCC(C(=O)Oc2cccc3cccc(-c4cccc(C)c4)c23)C1. The summed E-state index contributed by atoms with van der Waals surface area (Å²) in [5, 5.41) is 2.08. The lowest BCUT2D eigenvalue weighted by Crippen LogP contribution is -2.22. The van der Waals surface area contributed by atoms with Gasteiger partial charge in [-0.1, -0.05) is 71.8 Å². The van der Waals surface area contributed by atoms with Crippen LogP contribution < -0.4 is 4.74 Å². The molecule has 2 nitrogen and oxygen atoms in total. The van der Waals surface area contributed by atoms with E-state index in [1.54, 1.807) is 0 Å². The average molecular weight is 356 g/mol. The fourth-order valence-corrected chi connectivity index (χ4v) is 3.94. The molecule has 4 rings (SSSR count). The van der Waals surface area contributed by atoms with Crippen LogP contribution in [0.5, 0.6) is 5.75 Å². The lowest BCUT2D eigenvalue weighted by Gasteiger charge is -2.20. The van der Waals surface area contributed by atoms with E-state index in [2.05, 4.69) is 68.5 Å². The molecule has 0 spiro atoms. The Labute approximate surface area is 160 Å². The van der Waals surface area contributed by atoms with Gasteiger partial charge in [-0.15, -0.1) is 0 Å². The van der Waals surface area contributed by atoms with E-state index in [0.29, 0.717) is 5.75 Å². The van der Waals surface area contributed by atoms with Gasteiger partial charge in [0.1, 0.15) is 5.75 Å². The van der Waals surface area contributed by atoms with Gasteiger partial charge in [0.15, 0.2) is 0 Å². The van der Waals surface area contributed by atoms with Crippen LogP contribution in [0.25, 0.3) is 21.9 Å². The molecular formula is C25H24O2. The minimum absolute atomic E-state index is 0.0450. The molecule has 3 aromatic carbocycles. The normalized spacial score (nSPS) is 16.8. The number of rotatable bonds is 3. The van der Waals surface area contributed by atoms with Gasteiger partial charge in [0, 0.05) is 5.39 Å². The highest BCUT2D eigenvalue weighted by atomic mass is 16.5. The van der Waals surface area contributed by atoms with Gasteiger partial charge in [0.2, 0.25) is 0 Å². The van der Waals surface area contributed by atoms with Crippen LogP contribution in [-0.2, 0) is 4.79 Å². The summed E-state index contributed by atoms with van der Waals surface area (Å²) < 4.78 is 5.94. The Balaban J connectivity index is 1.75. The fourth-order valence-electron chi connectivity index (χ4n) is 3.94. The largest absolute Gasteiger partial charge is 0.426 e. The molecule has 27 heavy (non-hydrogen) atoms. The molecule has 0 saturated carbocycles.